The summed E-state index contributed by atoms with van der Waals surface area (Å²) < 4.78 is 0. The van der Waals surface area contributed by atoms with Gasteiger partial charge in [-0.15, -0.1) is 0 Å². The SMILES string of the molecule is CCCC1NC(C(C)C)N(CC2(N(C)C)CCC2)C1=O. The Morgan fingerprint density at radius 3 is 2.45 bits per heavy atom. The van der Waals surface area contributed by atoms with Crippen LogP contribution in [0.3, 0.4) is 0 Å². The van der Waals surface area contributed by atoms with Crippen LogP contribution in [-0.2, 0) is 4.79 Å². The molecule has 1 saturated carbocycles. The summed E-state index contributed by atoms with van der Waals surface area (Å²) in [7, 11) is 4.31. The zero-order valence-electron chi connectivity index (χ0n) is 13.8. The maximum Gasteiger partial charge on any atom is 0.241 e. The molecule has 1 saturated heterocycles. The lowest BCUT2D eigenvalue weighted by Gasteiger charge is -2.50. The lowest BCUT2D eigenvalue weighted by atomic mass is 9.75. The Labute approximate surface area is 123 Å². The van der Waals surface area contributed by atoms with E-state index in [9.17, 15) is 4.79 Å². The fraction of sp³-hybridized carbons (Fsp3) is 0.938. The fourth-order valence-electron chi connectivity index (χ4n) is 3.58. The highest BCUT2D eigenvalue weighted by molar-refractivity contribution is 5.84. The van der Waals surface area contributed by atoms with Crippen LogP contribution >= 0.6 is 0 Å². The van der Waals surface area contributed by atoms with Gasteiger partial charge in [0.25, 0.3) is 0 Å². The summed E-state index contributed by atoms with van der Waals surface area (Å²) in [5.74, 6) is 0.777. The summed E-state index contributed by atoms with van der Waals surface area (Å²) in [4.78, 5) is 17.2. The molecule has 0 radical (unpaired) electrons. The second kappa shape index (κ2) is 6.02. The van der Waals surface area contributed by atoms with Crippen LogP contribution in [0.15, 0.2) is 0 Å². The molecule has 0 bridgehead atoms. The summed E-state index contributed by atoms with van der Waals surface area (Å²) in [6, 6.07) is 0.0340. The van der Waals surface area contributed by atoms with Crippen LogP contribution in [0.2, 0.25) is 0 Å². The molecule has 4 nitrogen and oxygen atoms in total. The predicted octanol–water partition coefficient (Wildman–Crippen LogP) is 2.05. The van der Waals surface area contributed by atoms with E-state index < -0.39 is 0 Å². The van der Waals surface area contributed by atoms with E-state index in [0.29, 0.717) is 11.8 Å². The van der Waals surface area contributed by atoms with Crippen LogP contribution in [0.1, 0.15) is 52.9 Å². The first-order valence-corrected chi connectivity index (χ1v) is 8.15. The van der Waals surface area contributed by atoms with Crippen molar-refractivity contribution in [3.05, 3.63) is 0 Å². The number of carbonyl (C=O) groups is 1. The number of likely N-dealkylation sites (N-methyl/N-ethyl adjacent to an activating group) is 1. The standard InChI is InChI=1S/C16H31N3O/c1-6-8-13-15(20)19(14(17-13)12(2)3)11-16(18(4)5)9-7-10-16/h12-14,17H,6-11H2,1-5H3. The summed E-state index contributed by atoms with van der Waals surface area (Å²) in [6.45, 7) is 7.44. The number of carbonyl (C=O) groups excluding carboxylic acids is 1. The van der Waals surface area contributed by atoms with Crippen molar-refractivity contribution in [2.24, 2.45) is 5.92 Å². The third-order valence-corrected chi connectivity index (χ3v) is 5.20. The largest absolute Gasteiger partial charge is 0.324 e. The first kappa shape index (κ1) is 15.8. The second-order valence-corrected chi connectivity index (χ2v) is 7.14. The number of hydrogen-bond donors (Lipinski definition) is 1. The van der Waals surface area contributed by atoms with Crippen LogP contribution in [0.4, 0.5) is 0 Å². The highest BCUT2D eigenvalue weighted by Gasteiger charge is 2.47. The van der Waals surface area contributed by atoms with Crippen molar-refractivity contribution in [1.29, 1.82) is 0 Å². The Kier molecular flexibility index (Phi) is 4.75. The first-order chi connectivity index (χ1) is 9.41. The summed E-state index contributed by atoms with van der Waals surface area (Å²) in [5, 5.41) is 3.56. The number of rotatable bonds is 6. The lowest BCUT2D eigenvalue weighted by molar-refractivity contribution is -0.133. The Morgan fingerprint density at radius 1 is 1.40 bits per heavy atom. The zero-order chi connectivity index (χ0) is 14.9. The van der Waals surface area contributed by atoms with Crippen LogP contribution in [0, 0.1) is 5.92 Å². The van der Waals surface area contributed by atoms with Gasteiger partial charge in [-0.2, -0.15) is 0 Å². The summed E-state index contributed by atoms with van der Waals surface area (Å²) >= 11 is 0. The Bertz CT molecular complexity index is 350. The molecular formula is C16H31N3O. The minimum absolute atomic E-state index is 0.0340. The van der Waals surface area contributed by atoms with E-state index in [2.05, 4.69) is 50.0 Å². The number of hydrogen-bond acceptors (Lipinski definition) is 3. The molecule has 2 aliphatic rings. The minimum atomic E-state index is 0.0340. The molecule has 0 spiro atoms. The van der Waals surface area contributed by atoms with Crippen molar-refractivity contribution in [1.82, 2.24) is 15.1 Å². The van der Waals surface area contributed by atoms with Crippen LogP contribution in [0.5, 0.6) is 0 Å². The van der Waals surface area contributed by atoms with Crippen molar-refractivity contribution in [3.8, 4) is 0 Å². The van der Waals surface area contributed by atoms with E-state index in [1.165, 1.54) is 19.3 Å². The normalized spacial score (nSPS) is 29.4. The smallest absolute Gasteiger partial charge is 0.241 e. The topological polar surface area (TPSA) is 35.6 Å². The van der Waals surface area contributed by atoms with Gasteiger partial charge in [-0.1, -0.05) is 27.2 Å². The minimum Gasteiger partial charge on any atom is -0.324 e. The molecule has 1 aliphatic carbocycles. The van der Waals surface area contributed by atoms with E-state index in [1.807, 2.05) is 0 Å². The van der Waals surface area contributed by atoms with Gasteiger partial charge in [-0.3, -0.25) is 10.1 Å². The van der Waals surface area contributed by atoms with Crippen LogP contribution in [0.25, 0.3) is 0 Å². The van der Waals surface area contributed by atoms with E-state index in [-0.39, 0.29) is 17.7 Å². The highest BCUT2D eigenvalue weighted by Crippen LogP contribution is 2.38. The van der Waals surface area contributed by atoms with Gasteiger partial charge in [0.1, 0.15) is 0 Å². The molecule has 1 heterocycles. The summed E-state index contributed by atoms with van der Waals surface area (Å²) in [5.41, 5.74) is 0.214. The molecule has 2 rings (SSSR count). The van der Waals surface area contributed by atoms with Gasteiger partial charge < -0.3 is 9.80 Å². The molecule has 2 atom stereocenters. The molecule has 116 valence electrons. The third kappa shape index (κ3) is 2.73. The van der Waals surface area contributed by atoms with Crippen molar-refractivity contribution >= 4 is 5.91 Å². The van der Waals surface area contributed by atoms with Gasteiger partial charge in [0.2, 0.25) is 5.91 Å². The third-order valence-electron chi connectivity index (χ3n) is 5.20. The average Bonchev–Trinajstić information content (AvgIpc) is 2.62. The number of nitrogens with one attached hydrogen (secondary N) is 1. The van der Waals surface area contributed by atoms with Crippen molar-refractivity contribution in [2.75, 3.05) is 20.6 Å². The van der Waals surface area contributed by atoms with Gasteiger partial charge in [-0.25, -0.2) is 0 Å². The maximum atomic E-state index is 12.7. The van der Waals surface area contributed by atoms with Gasteiger partial charge in [0.15, 0.2) is 0 Å². The monoisotopic (exact) mass is 281 g/mol. The molecule has 0 aromatic heterocycles. The van der Waals surface area contributed by atoms with Gasteiger partial charge in [0, 0.05) is 12.1 Å². The molecule has 0 aromatic carbocycles. The molecule has 2 unspecified atom stereocenters. The quantitative estimate of drug-likeness (QED) is 0.809. The Balaban J connectivity index is 2.12. The van der Waals surface area contributed by atoms with Crippen molar-refractivity contribution in [3.63, 3.8) is 0 Å². The highest BCUT2D eigenvalue weighted by atomic mass is 16.2. The molecule has 1 N–H and O–H groups in total. The van der Waals surface area contributed by atoms with Crippen molar-refractivity contribution < 1.29 is 4.79 Å². The molecule has 1 aliphatic heterocycles. The Morgan fingerprint density at radius 2 is 2.05 bits per heavy atom. The predicted molar refractivity (Wildman–Crippen MR) is 82.4 cm³/mol. The van der Waals surface area contributed by atoms with Crippen LogP contribution in [-0.4, -0.2) is 54.1 Å². The lowest BCUT2D eigenvalue weighted by Crippen LogP contribution is -2.59. The van der Waals surface area contributed by atoms with Gasteiger partial charge in [0.05, 0.1) is 12.2 Å². The fourth-order valence-corrected chi connectivity index (χ4v) is 3.58. The first-order valence-electron chi connectivity index (χ1n) is 8.15. The second-order valence-electron chi connectivity index (χ2n) is 7.14. The van der Waals surface area contributed by atoms with Crippen LogP contribution < -0.4 is 5.32 Å². The number of nitrogens with zero attached hydrogens (tertiary/aromatic N) is 2. The van der Waals surface area contributed by atoms with Crippen molar-refractivity contribution in [2.45, 2.75) is 70.6 Å². The van der Waals surface area contributed by atoms with E-state index >= 15 is 0 Å². The molecule has 20 heavy (non-hydrogen) atoms. The average molecular weight is 281 g/mol. The molecule has 2 fully saturated rings. The zero-order valence-corrected chi connectivity index (χ0v) is 13.8. The van der Waals surface area contributed by atoms with E-state index in [0.717, 1.165) is 19.4 Å². The molecule has 4 heteroatoms. The van der Waals surface area contributed by atoms with E-state index in [4.69, 9.17) is 0 Å². The summed E-state index contributed by atoms with van der Waals surface area (Å²) in [6.07, 6.45) is 5.93. The van der Waals surface area contributed by atoms with E-state index in [1.54, 1.807) is 0 Å². The molecule has 1 amide bonds. The number of amides is 1. The van der Waals surface area contributed by atoms with Gasteiger partial charge in [-0.05, 0) is 45.7 Å². The van der Waals surface area contributed by atoms with Gasteiger partial charge >= 0.3 is 0 Å². The Hall–Kier alpha value is -0.610. The molecule has 0 aromatic rings. The molecular weight excluding hydrogens is 250 g/mol. The maximum absolute atomic E-state index is 12.7.